The summed E-state index contributed by atoms with van der Waals surface area (Å²) < 4.78 is 0. The predicted molar refractivity (Wildman–Crippen MR) is 79.3 cm³/mol. The van der Waals surface area contributed by atoms with Crippen LogP contribution in [0.2, 0.25) is 0 Å². The molecule has 0 spiro atoms. The summed E-state index contributed by atoms with van der Waals surface area (Å²) in [6, 6.07) is 0.646. The highest BCUT2D eigenvalue weighted by Crippen LogP contribution is 2.18. The molecule has 0 saturated carbocycles. The van der Waals surface area contributed by atoms with E-state index in [4.69, 9.17) is 0 Å². The summed E-state index contributed by atoms with van der Waals surface area (Å²) >= 11 is 1.77. The molecule has 1 atom stereocenters. The minimum Gasteiger partial charge on any atom is -0.317 e. The van der Waals surface area contributed by atoms with Crippen molar-refractivity contribution in [1.29, 1.82) is 0 Å². The Balaban J connectivity index is 2.40. The molecule has 0 aliphatic rings. The molecule has 1 heterocycles. The topological polar surface area (TPSA) is 37.8 Å². The molecule has 1 unspecified atom stereocenters. The van der Waals surface area contributed by atoms with Crippen molar-refractivity contribution in [3.05, 3.63) is 17.0 Å². The van der Waals surface area contributed by atoms with Crippen molar-refractivity contribution in [2.24, 2.45) is 0 Å². The van der Waals surface area contributed by atoms with E-state index in [2.05, 4.69) is 43.0 Å². The standard InChI is InChI=1S/C14H25N3S/c1-6-13(15-5)8-7-9-18-14-16-11(3)10(2)12(4)17-14/h13,15H,6-9H2,1-5H3. The van der Waals surface area contributed by atoms with E-state index >= 15 is 0 Å². The fourth-order valence-electron chi connectivity index (χ4n) is 1.85. The Morgan fingerprint density at radius 2 is 1.78 bits per heavy atom. The average Bonchev–Trinajstić information content (AvgIpc) is 2.36. The molecule has 0 bridgehead atoms. The van der Waals surface area contributed by atoms with Gasteiger partial charge in [-0.2, -0.15) is 0 Å². The Bertz CT molecular complexity index is 352. The Kier molecular flexibility index (Phi) is 6.65. The Hall–Kier alpha value is -0.610. The van der Waals surface area contributed by atoms with Gasteiger partial charge in [-0.3, -0.25) is 0 Å². The van der Waals surface area contributed by atoms with Crippen LogP contribution in [0.4, 0.5) is 0 Å². The van der Waals surface area contributed by atoms with Gasteiger partial charge in [0.25, 0.3) is 0 Å². The lowest BCUT2D eigenvalue weighted by atomic mass is 10.1. The molecule has 4 heteroatoms. The van der Waals surface area contributed by atoms with E-state index in [0.717, 1.165) is 22.3 Å². The van der Waals surface area contributed by atoms with Gasteiger partial charge in [0.1, 0.15) is 0 Å². The summed E-state index contributed by atoms with van der Waals surface area (Å²) in [4.78, 5) is 9.05. The van der Waals surface area contributed by atoms with Gasteiger partial charge in [-0.1, -0.05) is 18.7 Å². The van der Waals surface area contributed by atoms with Crippen molar-refractivity contribution in [3.63, 3.8) is 0 Å². The van der Waals surface area contributed by atoms with E-state index in [-0.39, 0.29) is 0 Å². The van der Waals surface area contributed by atoms with Crippen LogP contribution in [0.3, 0.4) is 0 Å². The molecule has 1 rings (SSSR count). The van der Waals surface area contributed by atoms with Crippen molar-refractivity contribution >= 4 is 11.8 Å². The summed E-state index contributed by atoms with van der Waals surface area (Å²) in [5.41, 5.74) is 3.42. The van der Waals surface area contributed by atoms with Gasteiger partial charge in [0.15, 0.2) is 5.16 Å². The first kappa shape index (κ1) is 15.4. The highest BCUT2D eigenvalue weighted by atomic mass is 32.2. The maximum Gasteiger partial charge on any atom is 0.187 e. The molecule has 0 radical (unpaired) electrons. The van der Waals surface area contributed by atoms with E-state index in [9.17, 15) is 0 Å². The molecule has 0 saturated heterocycles. The van der Waals surface area contributed by atoms with Crippen LogP contribution in [-0.4, -0.2) is 28.8 Å². The van der Waals surface area contributed by atoms with Gasteiger partial charge in [0, 0.05) is 23.2 Å². The number of nitrogens with zero attached hydrogens (tertiary/aromatic N) is 2. The number of hydrogen-bond donors (Lipinski definition) is 1. The monoisotopic (exact) mass is 267 g/mol. The largest absolute Gasteiger partial charge is 0.317 e. The first-order valence-corrected chi connectivity index (χ1v) is 7.69. The Labute approximate surface area is 115 Å². The molecule has 18 heavy (non-hydrogen) atoms. The van der Waals surface area contributed by atoms with Crippen LogP contribution in [-0.2, 0) is 0 Å². The summed E-state index contributed by atoms with van der Waals surface area (Å²) in [5, 5.41) is 4.26. The zero-order valence-electron chi connectivity index (χ0n) is 12.2. The predicted octanol–water partition coefficient (Wildman–Crippen LogP) is 3.27. The second kappa shape index (κ2) is 7.74. The van der Waals surface area contributed by atoms with Gasteiger partial charge in [0.2, 0.25) is 0 Å². The van der Waals surface area contributed by atoms with Gasteiger partial charge in [-0.25, -0.2) is 9.97 Å². The third-order valence-electron chi connectivity index (χ3n) is 3.44. The fourth-order valence-corrected chi connectivity index (χ4v) is 2.75. The van der Waals surface area contributed by atoms with Gasteiger partial charge in [0.05, 0.1) is 0 Å². The van der Waals surface area contributed by atoms with Crippen molar-refractivity contribution in [2.45, 2.75) is 58.2 Å². The van der Waals surface area contributed by atoms with Crippen molar-refractivity contribution in [1.82, 2.24) is 15.3 Å². The number of thioether (sulfide) groups is 1. The van der Waals surface area contributed by atoms with E-state index < -0.39 is 0 Å². The first-order chi connectivity index (χ1) is 8.58. The normalized spacial score (nSPS) is 12.7. The second-order valence-corrected chi connectivity index (χ2v) is 5.75. The summed E-state index contributed by atoms with van der Waals surface area (Å²) in [7, 11) is 2.04. The van der Waals surface area contributed by atoms with Crippen LogP contribution >= 0.6 is 11.8 Å². The zero-order valence-corrected chi connectivity index (χ0v) is 13.0. The summed E-state index contributed by atoms with van der Waals surface area (Å²) in [5.74, 6) is 1.10. The molecule has 1 N–H and O–H groups in total. The van der Waals surface area contributed by atoms with Crippen molar-refractivity contribution in [2.75, 3.05) is 12.8 Å². The number of hydrogen-bond acceptors (Lipinski definition) is 4. The lowest BCUT2D eigenvalue weighted by molar-refractivity contribution is 0.504. The molecule has 1 aromatic heterocycles. The van der Waals surface area contributed by atoms with Gasteiger partial charge < -0.3 is 5.32 Å². The van der Waals surface area contributed by atoms with Crippen LogP contribution in [0.1, 0.15) is 43.1 Å². The molecule has 0 aliphatic carbocycles. The SMILES string of the molecule is CCC(CCCSc1nc(C)c(C)c(C)n1)NC. The third-order valence-corrected chi connectivity index (χ3v) is 4.37. The van der Waals surface area contributed by atoms with E-state index in [1.807, 2.05) is 7.05 Å². The van der Waals surface area contributed by atoms with E-state index in [1.165, 1.54) is 24.8 Å². The van der Waals surface area contributed by atoms with Gasteiger partial charge in [-0.05, 0) is 52.6 Å². The number of aryl methyl sites for hydroxylation is 2. The molecule has 0 fully saturated rings. The molecule has 0 amide bonds. The molecular weight excluding hydrogens is 242 g/mol. The third kappa shape index (κ3) is 4.58. The van der Waals surface area contributed by atoms with Crippen LogP contribution in [0.25, 0.3) is 0 Å². The van der Waals surface area contributed by atoms with E-state index in [1.54, 1.807) is 11.8 Å². The quantitative estimate of drug-likeness (QED) is 0.467. The Morgan fingerprint density at radius 3 is 2.28 bits per heavy atom. The second-order valence-electron chi connectivity index (χ2n) is 4.69. The van der Waals surface area contributed by atoms with Gasteiger partial charge >= 0.3 is 0 Å². The van der Waals surface area contributed by atoms with Crippen molar-refractivity contribution in [3.8, 4) is 0 Å². The maximum absolute atomic E-state index is 4.53. The molecule has 0 aromatic carbocycles. The highest BCUT2D eigenvalue weighted by molar-refractivity contribution is 7.99. The van der Waals surface area contributed by atoms with Crippen molar-refractivity contribution < 1.29 is 0 Å². The molecular formula is C14H25N3S. The Morgan fingerprint density at radius 1 is 1.17 bits per heavy atom. The minimum atomic E-state index is 0.646. The molecule has 1 aromatic rings. The van der Waals surface area contributed by atoms with Crippen LogP contribution < -0.4 is 5.32 Å². The summed E-state index contributed by atoms with van der Waals surface area (Å²) in [6.45, 7) is 8.42. The lowest BCUT2D eigenvalue weighted by Gasteiger charge is -2.13. The molecule has 0 aliphatic heterocycles. The van der Waals surface area contributed by atoms with Gasteiger partial charge in [-0.15, -0.1) is 0 Å². The fraction of sp³-hybridized carbons (Fsp3) is 0.714. The summed E-state index contributed by atoms with van der Waals surface area (Å²) in [6.07, 6.45) is 3.63. The van der Waals surface area contributed by atoms with Crippen LogP contribution in [0.5, 0.6) is 0 Å². The molecule has 3 nitrogen and oxygen atoms in total. The zero-order chi connectivity index (χ0) is 13.5. The number of nitrogens with one attached hydrogen (secondary N) is 1. The maximum atomic E-state index is 4.53. The number of rotatable bonds is 7. The number of aromatic nitrogens is 2. The molecule has 102 valence electrons. The minimum absolute atomic E-state index is 0.646. The van der Waals surface area contributed by atoms with Crippen LogP contribution in [0, 0.1) is 20.8 Å². The smallest absolute Gasteiger partial charge is 0.187 e. The average molecular weight is 267 g/mol. The van der Waals surface area contributed by atoms with E-state index in [0.29, 0.717) is 6.04 Å². The van der Waals surface area contributed by atoms with Crippen LogP contribution in [0.15, 0.2) is 5.16 Å². The lowest BCUT2D eigenvalue weighted by Crippen LogP contribution is -2.23. The highest BCUT2D eigenvalue weighted by Gasteiger charge is 2.06. The first-order valence-electron chi connectivity index (χ1n) is 6.70.